The van der Waals surface area contributed by atoms with E-state index in [1.807, 2.05) is 43.3 Å². The first-order chi connectivity index (χ1) is 10.2. The molecule has 5 nitrogen and oxygen atoms in total. The molecule has 0 spiro atoms. The van der Waals surface area contributed by atoms with E-state index < -0.39 is 0 Å². The van der Waals surface area contributed by atoms with Gasteiger partial charge >= 0.3 is 0 Å². The zero-order valence-corrected chi connectivity index (χ0v) is 11.8. The molecule has 3 rings (SSSR count). The predicted molar refractivity (Wildman–Crippen MR) is 80.6 cm³/mol. The van der Waals surface area contributed by atoms with Crippen molar-refractivity contribution in [3.8, 4) is 0 Å². The Morgan fingerprint density at radius 3 is 2.90 bits per heavy atom. The third kappa shape index (κ3) is 3.08. The lowest BCUT2D eigenvalue weighted by Crippen LogP contribution is -2.25. The van der Waals surface area contributed by atoms with E-state index in [1.54, 1.807) is 6.20 Å². The molecular formula is C16H16N4O. The first-order valence-corrected chi connectivity index (χ1v) is 6.82. The van der Waals surface area contributed by atoms with E-state index >= 15 is 0 Å². The van der Waals surface area contributed by atoms with E-state index in [-0.39, 0.29) is 12.3 Å². The Morgan fingerprint density at radius 2 is 2.10 bits per heavy atom. The van der Waals surface area contributed by atoms with Gasteiger partial charge in [0.1, 0.15) is 0 Å². The van der Waals surface area contributed by atoms with E-state index in [0.29, 0.717) is 6.54 Å². The van der Waals surface area contributed by atoms with Crippen molar-refractivity contribution in [2.75, 3.05) is 0 Å². The van der Waals surface area contributed by atoms with Gasteiger partial charge in [0.25, 0.3) is 0 Å². The molecule has 5 heteroatoms. The number of amides is 1. The number of nitrogens with one attached hydrogen (secondary N) is 2. The van der Waals surface area contributed by atoms with Crippen molar-refractivity contribution in [1.29, 1.82) is 0 Å². The van der Waals surface area contributed by atoms with Crippen LogP contribution in [0.3, 0.4) is 0 Å². The number of nitrogens with zero attached hydrogens (tertiary/aromatic N) is 2. The normalized spacial score (nSPS) is 10.7. The molecule has 0 saturated heterocycles. The molecule has 0 atom stereocenters. The molecule has 2 heterocycles. The number of aromatic nitrogens is 3. The van der Waals surface area contributed by atoms with Gasteiger partial charge in [0.2, 0.25) is 5.91 Å². The molecule has 0 bridgehead atoms. The van der Waals surface area contributed by atoms with Crippen LogP contribution in [0.5, 0.6) is 0 Å². The summed E-state index contributed by atoms with van der Waals surface area (Å²) in [4.78, 5) is 16.5. The largest absolute Gasteiger partial charge is 0.352 e. The Labute approximate surface area is 122 Å². The van der Waals surface area contributed by atoms with Crippen LogP contribution < -0.4 is 5.32 Å². The number of pyridine rings is 1. The highest BCUT2D eigenvalue weighted by molar-refractivity contribution is 5.81. The number of rotatable bonds is 4. The number of hydrogen-bond donors (Lipinski definition) is 2. The van der Waals surface area contributed by atoms with Gasteiger partial charge in [-0.05, 0) is 19.1 Å². The molecule has 1 amide bonds. The average Bonchev–Trinajstić information content (AvgIpc) is 2.90. The first kappa shape index (κ1) is 13.3. The number of fused-ring (bicyclic) bond motifs is 1. The molecule has 3 aromatic rings. The second-order valence-corrected chi connectivity index (χ2v) is 4.97. The molecule has 1 aromatic carbocycles. The van der Waals surface area contributed by atoms with E-state index in [9.17, 15) is 4.79 Å². The van der Waals surface area contributed by atoms with Crippen molar-refractivity contribution in [3.63, 3.8) is 0 Å². The summed E-state index contributed by atoms with van der Waals surface area (Å²) in [6.07, 6.45) is 2.01. The molecule has 0 aliphatic carbocycles. The van der Waals surface area contributed by atoms with Crippen LogP contribution in [0.15, 0.2) is 42.6 Å². The summed E-state index contributed by atoms with van der Waals surface area (Å²) in [6.45, 7) is 2.41. The van der Waals surface area contributed by atoms with Crippen LogP contribution in [-0.2, 0) is 17.8 Å². The van der Waals surface area contributed by atoms with Crippen LogP contribution in [0.2, 0.25) is 0 Å². The number of aryl methyl sites for hydroxylation is 1. The summed E-state index contributed by atoms with van der Waals surface area (Å²) < 4.78 is 0. The highest BCUT2D eigenvalue weighted by atomic mass is 16.1. The SMILES string of the molecule is Cc1[nH]ncc1CNC(=O)Cc1ccc2ccccc2n1. The van der Waals surface area contributed by atoms with Gasteiger partial charge in [0, 0.05) is 23.2 Å². The standard InChI is InChI=1S/C16H16N4O/c1-11-13(10-18-20-11)9-17-16(21)8-14-7-6-12-4-2-3-5-15(12)19-14/h2-7,10H,8-9H2,1H3,(H,17,21)(H,18,20). The Kier molecular flexibility index (Phi) is 3.64. The minimum Gasteiger partial charge on any atom is -0.352 e. The molecule has 21 heavy (non-hydrogen) atoms. The summed E-state index contributed by atoms with van der Waals surface area (Å²) in [5.41, 5.74) is 3.65. The molecule has 0 fully saturated rings. The van der Waals surface area contributed by atoms with Crippen LogP contribution in [-0.4, -0.2) is 21.1 Å². The average molecular weight is 280 g/mol. The monoisotopic (exact) mass is 280 g/mol. The molecular weight excluding hydrogens is 264 g/mol. The summed E-state index contributed by atoms with van der Waals surface area (Å²) in [6, 6.07) is 11.8. The van der Waals surface area contributed by atoms with Crippen LogP contribution >= 0.6 is 0 Å². The van der Waals surface area contributed by atoms with Gasteiger partial charge < -0.3 is 5.32 Å². The summed E-state index contributed by atoms with van der Waals surface area (Å²) >= 11 is 0. The zero-order valence-electron chi connectivity index (χ0n) is 11.8. The number of aromatic amines is 1. The Bertz CT molecular complexity index is 779. The van der Waals surface area contributed by atoms with Crippen molar-refractivity contribution < 1.29 is 4.79 Å². The van der Waals surface area contributed by atoms with E-state index in [2.05, 4.69) is 20.5 Å². The van der Waals surface area contributed by atoms with Crippen LogP contribution in [0.1, 0.15) is 17.0 Å². The third-order valence-electron chi connectivity index (χ3n) is 3.41. The van der Waals surface area contributed by atoms with Gasteiger partial charge in [0.15, 0.2) is 0 Å². The van der Waals surface area contributed by atoms with Crippen LogP contribution in [0.25, 0.3) is 10.9 Å². The van der Waals surface area contributed by atoms with Gasteiger partial charge in [-0.2, -0.15) is 5.10 Å². The number of benzene rings is 1. The van der Waals surface area contributed by atoms with E-state index in [0.717, 1.165) is 27.9 Å². The smallest absolute Gasteiger partial charge is 0.226 e. The highest BCUT2D eigenvalue weighted by Gasteiger charge is 2.07. The lowest BCUT2D eigenvalue weighted by molar-refractivity contribution is -0.120. The molecule has 0 aliphatic heterocycles. The molecule has 2 N–H and O–H groups in total. The van der Waals surface area contributed by atoms with Crippen LogP contribution in [0, 0.1) is 6.92 Å². The second kappa shape index (κ2) is 5.75. The lowest BCUT2D eigenvalue weighted by atomic mass is 10.1. The number of H-pyrrole nitrogens is 1. The fraction of sp³-hybridized carbons (Fsp3) is 0.188. The van der Waals surface area contributed by atoms with Gasteiger partial charge in [-0.1, -0.05) is 24.3 Å². The maximum Gasteiger partial charge on any atom is 0.226 e. The zero-order chi connectivity index (χ0) is 14.7. The third-order valence-corrected chi connectivity index (χ3v) is 3.41. The van der Waals surface area contributed by atoms with E-state index in [4.69, 9.17) is 0 Å². The Hall–Kier alpha value is -2.69. The molecule has 0 saturated carbocycles. The second-order valence-electron chi connectivity index (χ2n) is 4.97. The number of carbonyl (C=O) groups excluding carboxylic acids is 1. The fourth-order valence-electron chi connectivity index (χ4n) is 2.18. The molecule has 0 radical (unpaired) electrons. The van der Waals surface area contributed by atoms with Crippen molar-refractivity contribution in [3.05, 3.63) is 59.5 Å². The minimum atomic E-state index is -0.0432. The quantitative estimate of drug-likeness (QED) is 0.769. The Balaban J connectivity index is 1.64. The number of para-hydroxylation sites is 1. The van der Waals surface area contributed by atoms with Gasteiger partial charge in [-0.3, -0.25) is 14.9 Å². The number of carbonyl (C=O) groups is 1. The number of hydrogen-bond acceptors (Lipinski definition) is 3. The van der Waals surface area contributed by atoms with Crippen molar-refractivity contribution in [2.24, 2.45) is 0 Å². The Morgan fingerprint density at radius 1 is 1.24 bits per heavy atom. The van der Waals surface area contributed by atoms with Gasteiger partial charge in [-0.25, -0.2) is 0 Å². The maximum atomic E-state index is 12.0. The van der Waals surface area contributed by atoms with E-state index in [1.165, 1.54) is 0 Å². The predicted octanol–water partition coefficient (Wildman–Crippen LogP) is 2.13. The summed E-state index contributed by atoms with van der Waals surface area (Å²) in [5, 5.41) is 10.7. The molecule has 0 aliphatic rings. The summed E-state index contributed by atoms with van der Waals surface area (Å²) in [5.74, 6) is -0.0432. The lowest BCUT2D eigenvalue weighted by Gasteiger charge is -2.05. The minimum absolute atomic E-state index is 0.0432. The van der Waals surface area contributed by atoms with Crippen molar-refractivity contribution >= 4 is 16.8 Å². The van der Waals surface area contributed by atoms with Gasteiger partial charge in [-0.15, -0.1) is 0 Å². The first-order valence-electron chi connectivity index (χ1n) is 6.82. The van der Waals surface area contributed by atoms with Crippen LogP contribution in [0.4, 0.5) is 0 Å². The summed E-state index contributed by atoms with van der Waals surface area (Å²) in [7, 11) is 0. The molecule has 106 valence electrons. The van der Waals surface area contributed by atoms with Crippen molar-refractivity contribution in [1.82, 2.24) is 20.5 Å². The topological polar surface area (TPSA) is 70.7 Å². The van der Waals surface area contributed by atoms with Gasteiger partial charge in [0.05, 0.1) is 23.8 Å². The molecule has 0 unspecified atom stereocenters. The van der Waals surface area contributed by atoms with Crippen molar-refractivity contribution in [2.45, 2.75) is 19.9 Å². The fourth-order valence-corrected chi connectivity index (χ4v) is 2.18. The molecule has 2 aromatic heterocycles. The highest BCUT2D eigenvalue weighted by Crippen LogP contribution is 2.12. The maximum absolute atomic E-state index is 12.0.